The summed E-state index contributed by atoms with van der Waals surface area (Å²) in [6.45, 7) is 1.74. The first-order chi connectivity index (χ1) is 9.20. The minimum atomic E-state index is -0.148. The van der Waals surface area contributed by atoms with Gasteiger partial charge in [-0.05, 0) is 55.8 Å². The summed E-state index contributed by atoms with van der Waals surface area (Å²) in [7, 11) is 0. The van der Waals surface area contributed by atoms with Crippen LogP contribution in [0.1, 0.15) is 44.9 Å². The average Bonchev–Trinajstić information content (AvgIpc) is 3.11. The van der Waals surface area contributed by atoms with Crippen molar-refractivity contribution in [2.45, 2.75) is 51.0 Å². The predicted molar refractivity (Wildman–Crippen MR) is 72.4 cm³/mol. The summed E-state index contributed by atoms with van der Waals surface area (Å²) >= 11 is 0. The van der Waals surface area contributed by atoms with Crippen LogP contribution < -0.4 is 0 Å². The second kappa shape index (κ2) is 4.47. The summed E-state index contributed by atoms with van der Waals surface area (Å²) in [5, 5.41) is 9.93. The van der Waals surface area contributed by atoms with E-state index in [0.29, 0.717) is 23.7 Å². The largest absolute Gasteiger partial charge is 0.393 e. The number of rotatable bonds is 2. The van der Waals surface area contributed by atoms with Crippen molar-refractivity contribution in [2.75, 3.05) is 13.1 Å². The Balaban J connectivity index is 1.35. The van der Waals surface area contributed by atoms with Crippen LogP contribution in [0.25, 0.3) is 0 Å². The molecule has 3 aliphatic carbocycles. The molecule has 6 unspecified atom stereocenters. The first-order valence-corrected chi connectivity index (χ1v) is 8.16. The molecular formula is C16H25NO2. The van der Waals surface area contributed by atoms with Gasteiger partial charge < -0.3 is 10.0 Å². The highest BCUT2D eigenvalue weighted by Crippen LogP contribution is 2.50. The van der Waals surface area contributed by atoms with Crippen molar-refractivity contribution < 1.29 is 9.90 Å². The Labute approximate surface area is 115 Å². The fourth-order valence-corrected chi connectivity index (χ4v) is 5.42. The van der Waals surface area contributed by atoms with E-state index in [-0.39, 0.29) is 6.10 Å². The number of hydrogen-bond donors (Lipinski definition) is 1. The molecule has 4 aliphatic rings. The summed E-state index contributed by atoms with van der Waals surface area (Å²) in [5.41, 5.74) is 0. The van der Waals surface area contributed by atoms with Crippen molar-refractivity contribution in [2.24, 2.45) is 29.6 Å². The van der Waals surface area contributed by atoms with Gasteiger partial charge in [-0.3, -0.25) is 4.79 Å². The van der Waals surface area contributed by atoms with E-state index >= 15 is 0 Å². The van der Waals surface area contributed by atoms with Crippen molar-refractivity contribution >= 4 is 5.91 Å². The molecule has 1 saturated heterocycles. The minimum Gasteiger partial charge on any atom is -0.393 e. The number of amides is 1. The monoisotopic (exact) mass is 263 g/mol. The molecule has 1 aliphatic heterocycles. The molecule has 0 aromatic heterocycles. The molecule has 3 nitrogen and oxygen atoms in total. The van der Waals surface area contributed by atoms with Gasteiger partial charge in [0, 0.05) is 25.4 Å². The van der Waals surface area contributed by atoms with Gasteiger partial charge in [0.25, 0.3) is 0 Å². The maximum absolute atomic E-state index is 12.5. The number of likely N-dealkylation sites (tertiary alicyclic amines) is 1. The molecule has 6 atom stereocenters. The summed E-state index contributed by atoms with van der Waals surface area (Å²) < 4.78 is 0. The zero-order chi connectivity index (χ0) is 13.0. The van der Waals surface area contributed by atoms with Crippen LogP contribution in [0, 0.1) is 29.6 Å². The van der Waals surface area contributed by atoms with Crippen LogP contribution in [-0.2, 0) is 4.79 Å². The molecule has 0 spiro atoms. The molecule has 4 fully saturated rings. The summed E-state index contributed by atoms with van der Waals surface area (Å²) in [5.74, 6) is 3.79. The van der Waals surface area contributed by atoms with Crippen molar-refractivity contribution in [3.8, 4) is 0 Å². The van der Waals surface area contributed by atoms with Crippen molar-refractivity contribution in [3.63, 3.8) is 0 Å². The molecule has 0 aromatic carbocycles. The van der Waals surface area contributed by atoms with E-state index in [9.17, 15) is 9.90 Å². The summed E-state index contributed by atoms with van der Waals surface area (Å²) in [6.07, 6.45) is 8.18. The van der Waals surface area contributed by atoms with E-state index in [1.165, 1.54) is 25.7 Å². The molecule has 19 heavy (non-hydrogen) atoms. The molecule has 0 radical (unpaired) electrons. The first-order valence-electron chi connectivity index (χ1n) is 8.16. The van der Waals surface area contributed by atoms with Gasteiger partial charge in [-0.1, -0.05) is 6.42 Å². The quantitative estimate of drug-likeness (QED) is 0.828. The highest BCUT2D eigenvalue weighted by molar-refractivity contribution is 5.77. The Morgan fingerprint density at radius 1 is 1.05 bits per heavy atom. The van der Waals surface area contributed by atoms with Gasteiger partial charge in [0.05, 0.1) is 6.10 Å². The maximum atomic E-state index is 12.5. The topological polar surface area (TPSA) is 40.5 Å². The zero-order valence-electron chi connectivity index (χ0n) is 11.6. The minimum absolute atomic E-state index is 0.148. The smallest absolute Gasteiger partial charge is 0.222 e. The van der Waals surface area contributed by atoms with Crippen molar-refractivity contribution in [1.29, 1.82) is 0 Å². The number of hydrogen-bond acceptors (Lipinski definition) is 2. The molecule has 106 valence electrons. The zero-order valence-corrected chi connectivity index (χ0v) is 11.6. The molecule has 3 saturated carbocycles. The predicted octanol–water partition coefficient (Wildman–Crippen LogP) is 2.04. The van der Waals surface area contributed by atoms with Gasteiger partial charge in [-0.15, -0.1) is 0 Å². The van der Waals surface area contributed by atoms with Gasteiger partial charge in [-0.2, -0.15) is 0 Å². The lowest BCUT2D eigenvalue weighted by atomic mass is 9.86. The van der Waals surface area contributed by atoms with Gasteiger partial charge in [0.2, 0.25) is 5.91 Å². The Kier molecular flexibility index (Phi) is 2.87. The summed E-state index contributed by atoms with van der Waals surface area (Å²) in [4.78, 5) is 14.5. The average molecular weight is 263 g/mol. The third-order valence-corrected chi connectivity index (χ3v) is 6.49. The van der Waals surface area contributed by atoms with Crippen LogP contribution in [0.15, 0.2) is 0 Å². The molecule has 1 N–H and O–H groups in total. The Morgan fingerprint density at radius 2 is 1.89 bits per heavy atom. The van der Waals surface area contributed by atoms with Crippen molar-refractivity contribution in [1.82, 2.24) is 4.90 Å². The van der Waals surface area contributed by atoms with E-state index in [1.54, 1.807) is 0 Å². The first kappa shape index (κ1) is 12.2. The molecule has 0 aromatic rings. The van der Waals surface area contributed by atoms with Crippen LogP contribution in [0.2, 0.25) is 0 Å². The number of carbonyl (C=O) groups is 1. The lowest BCUT2D eigenvalue weighted by Crippen LogP contribution is -2.33. The van der Waals surface area contributed by atoms with Gasteiger partial charge in [0.1, 0.15) is 0 Å². The SMILES string of the molecule is O=C(CC1CC2CCC1C2)N1CC2CCC(O)C2C1. The van der Waals surface area contributed by atoms with E-state index in [0.717, 1.165) is 44.2 Å². The Morgan fingerprint density at radius 3 is 2.58 bits per heavy atom. The van der Waals surface area contributed by atoms with Crippen molar-refractivity contribution in [3.05, 3.63) is 0 Å². The van der Waals surface area contributed by atoms with Crippen LogP contribution in [0.5, 0.6) is 0 Å². The van der Waals surface area contributed by atoms with Crippen LogP contribution in [-0.4, -0.2) is 35.1 Å². The van der Waals surface area contributed by atoms with Crippen LogP contribution >= 0.6 is 0 Å². The number of nitrogens with zero attached hydrogens (tertiary/aromatic N) is 1. The highest BCUT2D eigenvalue weighted by atomic mass is 16.3. The highest BCUT2D eigenvalue weighted by Gasteiger charge is 2.45. The standard InChI is InChI=1S/C16H25NO2/c18-15-4-3-12-8-17(9-14(12)15)16(19)7-13-6-10-1-2-11(13)5-10/h10-15,18H,1-9H2. The summed E-state index contributed by atoms with van der Waals surface area (Å²) in [6, 6.07) is 0. The maximum Gasteiger partial charge on any atom is 0.222 e. The molecule has 3 heteroatoms. The second-order valence-corrected chi connectivity index (χ2v) is 7.51. The molecular weight excluding hydrogens is 238 g/mol. The third-order valence-electron chi connectivity index (χ3n) is 6.49. The van der Waals surface area contributed by atoms with E-state index < -0.39 is 0 Å². The van der Waals surface area contributed by atoms with Gasteiger partial charge in [0.15, 0.2) is 0 Å². The lowest BCUT2D eigenvalue weighted by Gasteiger charge is -2.25. The van der Waals surface area contributed by atoms with Crippen LogP contribution in [0.4, 0.5) is 0 Å². The second-order valence-electron chi connectivity index (χ2n) is 7.51. The molecule has 1 amide bonds. The third kappa shape index (κ3) is 2.01. The van der Waals surface area contributed by atoms with Gasteiger partial charge in [-0.25, -0.2) is 0 Å². The Hall–Kier alpha value is -0.570. The lowest BCUT2D eigenvalue weighted by molar-refractivity contribution is -0.132. The van der Waals surface area contributed by atoms with Crippen LogP contribution in [0.3, 0.4) is 0 Å². The van der Waals surface area contributed by atoms with E-state index in [1.807, 2.05) is 0 Å². The molecule has 4 rings (SSSR count). The number of fused-ring (bicyclic) bond motifs is 3. The number of carbonyl (C=O) groups excluding carboxylic acids is 1. The van der Waals surface area contributed by atoms with E-state index in [2.05, 4.69) is 4.90 Å². The molecule has 2 bridgehead atoms. The van der Waals surface area contributed by atoms with Gasteiger partial charge >= 0.3 is 0 Å². The normalized spacial score (nSPS) is 47.9. The fourth-order valence-electron chi connectivity index (χ4n) is 5.42. The molecule has 1 heterocycles. The fraction of sp³-hybridized carbons (Fsp3) is 0.938. The van der Waals surface area contributed by atoms with E-state index in [4.69, 9.17) is 0 Å². The number of aliphatic hydroxyl groups is 1. The number of aliphatic hydroxyl groups excluding tert-OH is 1. The Bertz CT molecular complexity index is 383.